The van der Waals surface area contributed by atoms with Gasteiger partial charge in [0.25, 0.3) is 0 Å². The Morgan fingerprint density at radius 3 is 2.32 bits per heavy atom. The summed E-state index contributed by atoms with van der Waals surface area (Å²) >= 11 is 0. The highest BCUT2D eigenvalue weighted by atomic mass is 19.4. The van der Waals surface area contributed by atoms with E-state index < -0.39 is 17.6 Å². The van der Waals surface area contributed by atoms with E-state index in [-0.39, 0.29) is 11.3 Å². The molecule has 2 N–H and O–H groups in total. The Morgan fingerprint density at radius 1 is 1.04 bits per heavy atom. The molecule has 1 fully saturated rings. The number of alkyl halides is 3. The highest BCUT2D eigenvalue weighted by Crippen LogP contribution is 2.33. The molecule has 1 saturated heterocycles. The van der Waals surface area contributed by atoms with Crippen molar-refractivity contribution < 1.29 is 23.2 Å². The van der Waals surface area contributed by atoms with Gasteiger partial charge in [0.15, 0.2) is 0 Å². The van der Waals surface area contributed by atoms with Crippen LogP contribution in [0.1, 0.15) is 15.9 Å². The summed E-state index contributed by atoms with van der Waals surface area (Å²) in [5, 5.41) is 11.7. The molecule has 0 aliphatic carbocycles. The molecule has 0 saturated carbocycles. The van der Waals surface area contributed by atoms with Crippen LogP contribution in [0.2, 0.25) is 0 Å². The van der Waals surface area contributed by atoms with Gasteiger partial charge >= 0.3 is 12.1 Å². The Labute approximate surface area is 158 Å². The van der Waals surface area contributed by atoms with Crippen LogP contribution < -0.4 is 15.3 Å². The molecule has 0 atom stereocenters. The SMILES string of the molecule is O=NC(=O)c1ccc(N2CCN(c3cccc(C(F)(F)F)c3)CC2)c(NO)c1. The fourth-order valence-corrected chi connectivity index (χ4v) is 3.17. The van der Waals surface area contributed by atoms with Gasteiger partial charge in [0.1, 0.15) is 0 Å². The molecule has 148 valence electrons. The molecule has 0 aromatic heterocycles. The third-order valence-corrected chi connectivity index (χ3v) is 4.61. The van der Waals surface area contributed by atoms with Gasteiger partial charge in [-0.3, -0.25) is 15.5 Å². The van der Waals surface area contributed by atoms with Gasteiger partial charge in [-0.15, -0.1) is 4.91 Å². The van der Waals surface area contributed by atoms with Crippen molar-refractivity contribution in [3.05, 3.63) is 58.5 Å². The zero-order valence-electron chi connectivity index (χ0n) is 14.6. The summed E-state index contributed by atoms with van der Waals surface area (Å²) in [6.07, 6.45) is -4.39. The molecule has 10 heteroatoms. The lowest BCUT2D eigenvalue weighted by atomic mass is 10.1. The Bertz CT molecular complexity index is 881. The number of nitroso groups, excluding NO2 is 1. The summed E-state index contributed by atoms with van der Waals surface area (Å²) in [6.45, 7) is 1.93. The van der Waals surface area contributed by atoms with Crippen LogP contribution in [-0.2, 0) is 6.18 Å². The topological polar surface area (TPSA) is 85.2 Å². The average molecular weight is 394 g/mol. The predicted molar refractivity (Wildman–Crippen MR) is 97.8 cm³/mol. The number of carbonyl (C=O) groups is 1. The lowest BCUT2D eigenvalue weighted by molar-refractivity contribution is -0.137. The molecule has 2 aromatic carbocycles. The minimum Gasteiger partial charge on any atom is -0.368 e. The molecule has 1 aliphatic rings. The largest absolute Gasteiger partial charge is 0.416 e. The number of benzene rings is 2. The quantitative estimate of drug-likeness (QED) is 0.607. The number of rotatable bonds is 4. The van der Waals surface area contributed by atoms with Gasteiger partial charge in [0.2, 0.25) is 0 Å². The van der Waals surface area contributed by atoms with Crippen LogP contribution in [-0.4, -0.2) is 37.3 Å². The molecule has 1 amide bonds. The van der Waals surface area contributed by atoms with E-state index in [1.807, 2.05) is 15.3 Å². The van der Waals surface area contributed by atoms with Gasteiger partial charge < -0.3 is 9.80 Å². The zero-order valence-corrected chi connectivity index (χ0v) is 14.6. The molecule has 0 unspecified atom stereocenters. The van der Waals surface area contributed by atoms with Crippen molar-refractivity contribution in [2.45, 2.75) is 6.18 Å². The first-order valence-corrected chi connectivity index (χ1v) is 8.42. The number of hydrogen-bond acceptors (Lipinski definition) is 6. The van der Waals surface area contributed by atoms with Gasteiger partial charge in [0.05, 0.1) is 16.9 Å². The van der Waals surface area contributed by atoms with E-state index in [0.29, 0.717) is 37.6 Å². The standard InChI is InChI=1S/C18H17F3N4O3/c19-18(20,21)13-2-1-3-14(11-13)24-6-8-25(9-7-24)16-5-4-12(17(26)23-28)10-15(16)22-27/h1-5,10-11,22,27H,6-9H2. The number of nitrogens with one attached hydrogen (secondary N) is 1. The number of hydrogen-bond donors (Lipinski definition) is 2. The molecule has 0 bridgehead atoms. The summed E-state index contributed by atoms with van der Waals surface area (Å²) in [5.41, 5.74) is 2.69. The van der Waals surface area contributed by atoms with Gasteiger partial charge in [-0.25, -0.2) is 0 Å². The van der Waals surface area contributed by atoms with Gasteiger partial charge in [-0.2, -0.15) is 13.2 Å². The van der Waals surface area contributed by atoms with Crippen LogP contribution in [0.25, 0.3) is 0 Å². The first kappa shape index (κ1) is 19.6. The fourth-order valence-electron chi connectivity index (χ4n) is 3.17. The van der Waals surface area contributed by atoms with E-state index in [4.69, 9.17) is 0 Å². The number of anilines is 3. The third-order valence-electron chi connectivity index (χ3n) is 4.61. The second kappa shape index (κ2) is 7.85. The third kappa shape index (κ3) is 4.06. The van der Waals surface area contributed by atoms with Crippen molar-refractivity contribution in [2.75, 3.05) is 41.5 Å². The van der Waals surface area contributed by atoms with Crippen LogP contribution in [0.15, 0.2) is 47.6 Å². The smallest absolute Gasteiger partial charge is 0.368 e. The molecule has 1 aliphatic heterocycles. The Hall–Kier alpha value is -3.14. The molecule has 0 radical (unpaired) electrons. The molecule has 1 heterocycles. The van der Waals surface area contributed by atoms with Crippen molar-refractivity contribution >= 4 is 23.0 Å². The zero-order chi connectivity index (χ0) is 20.3. The van der Waals surface area contributed by atoms with Crippen molar-refractivity contribution in [3.63, 3.8) is 0 Å². The van der Waals surface area contributed by atoms with Crippen LogP contribution >= 0.6 is 0 Å². The van der Waals surface area contributed by atoms with E-state index in [2.05, 4.69) is 5.18 Å². The second-order valence-electron chi connectivity index (χ2n) is 6.26. The van der Waals surface area contributed by atoms with Crippen LogP contribution in [0.4, 0.5) is 30.2 Å². The minimum absolute atomic E-state index is 0.0397. The summed E-state index contributed by atoms with van der Waals surface area (Å²) in [5.74, 6) is -0.947. The number of nitrogens with zero attached hydrogens (tertiary/aromatic N) is 3. The van der Waals surface area contributed by atoms with E-state index in [1.54, 1.807) is 12.1 Å². The lowest BCUT2D eigenvalue weighted by Crippen LogP contribution is -2.46. The molecule has 2 aromatic rings. The Balaban J connectivity index is 1.74. The predicted octanol–water partition coefficient (Wildman–Crippen LogP) is 3.74. The average Bonchev–Trinajstić information content (AvgIpc) is 2.72. The normalized spacial score (nSPS) is 14.7. The van der Waals surface area contributed by atoms with Crippen LogP contribution in [0, 0.1) is 4.91 Å². The molecule has 7 nitrogen and oxygen atoms in total. The van der Waals surface area contributed by atoms with Gasteiger partial charge in [-0.1, -0.05) is 6.07 Å². The fraction of sp³-hybridized carbons (Fsp3) is 0.278. The van der Waals surface area contributed by atoms with Crippen LogP contribution in [0.3, 0.4) is 0 Å². The highest BCUT2D eigenvalue weighted by molar-refractivity contribution is 5.96. The van der Waals surface area contributed by atoms with E-state index >= 15 is 0 Å². The summed E-state index contributed by atoms with van der Waals surface area (Å²) in [4.78, 5) is 25.5. The number of piperazine rings is 1. The van der Waals surface area contributed by atoms with Crippen molar-refractivity contribution in [1.82, 2.24) is 0 Å². The lowest BCUT2D eigenvalue weighted by Gasteiger charge is -2.38. The van der Waals surface area contributed by atoms with Crippen molar-refractivity contribution in [3.8, 4) is 0 Å². The summed E-state index contributed by atoms with van der Waals surface area (Å²) in [6, 6.07) is 9.51. The van der Waals surface area contributed by atoms with Crippen LogP contribution in [0.5, 0.6) is 0 Å². The van der Waals surface area contributed by atoms with E-state index in [0.717, 1.165) is 12.1 Å². The van der Waals surface area contributed by atoms with Crippen molar-refractivity contribution in [1.29, 1.82) is 0 Å². The highest BCUT2D eigenvalue weighted by Gasteiger charge is 2.31. The number of carbonyl (C=O) groups excluding carboxylic acids is 1. The molecule has 3 rings (SSSR count). The first-order valence-electron chi connectivity index (χ1n) is 8.42. The Kier molecular flexibility index (Phi) is 5.50. The maximum Gasteiger partial charge on any atom is 0.416 e. The maximum absolute atomic E-state index is 12.9. The summed E-state index contributed by atoms with van der Waals surface area (Å²) in [7, 11) is 0. The molecule has 0 spiro atoms. The van der Waals surface area contributed by atoms with E-state index in [9.17, 15) is 28.1 Å². The minimum atomic E-state index is -4.39. The first-order chi connectivity index (χ1) is 13.3. The van der Waals surface area contributed by atoms with Crippen molar-refractivity contribution in [2.24, 2.45) is 5.18 Å². The molecular formula is C18H17F3N4O3. The monoisotopic (exact) mass is 394 g/mol. The molecular weight excluding hydrogens is 377 g/mol. The van der Waals surface area contributed by atoms with E-state index in [1.165, 1.54) is 18.2 Å². The maximum atomic E-state index is 12.9. The van der Waals surface area contributed by atoms with Gasteiger partial charge in [-0.05, 0) is 36.4 Å². The summed E-state index contributed by atoms with van der Waals surface area (Å²) < 4.78 is 38.7. The molecule has 28 heavy (non-hydrogen) atoms. The number of amides is 1. The van der Waals surface area contributed by atoms with Gasteiger partial charge in [0, 0.05) is 42.6 Å². The second-order valence-corrected chi connectivity index (χ2v) is 6.26. The number of halogens is 3. The Morgan fingerprint density at radius 2 is 1.71 bits per heavy atom.